The van der Waals surface area contributed by atoms with E-state index < -0.39 is 0 Å². The summed E-state index contributed by atoms with van der Waals surface area (Å²) < 4.78 is 6.03. The van der Waals surface area contributed by atoms with Gasteiger partial charge in [-0.05, 0) is 38.1 Å². The van der Waals surface area contributed by atoms with Gasteiger partial charge < -0.3 is 10.1 Å². The van der Waals surface area contributed by atoms with Crippen molar-refractivity contribution in [2.24, 2.45) is 0 Å². The number of nitrogens with one attached hydrogen (secondary N) is 1. The quantitative estimate of drug-likeness (QED) is 0.837. The molecule has 2 rings (SSSR count). The molecule has 0 aromatic carbocycles. The summed E-state index contributed by atoms with van der Waals surface area (Å²) in [7, 11) is 0. The summed E-state index contributed by atoms with van der Waals surface area (Å²) in [5.41, 5.74) is 0. The van der Waals surface area contributed by atoms with Crippen LogP contribution in [0.15, 0.2) is 12.1 Å². The van der Waals surface area contributed by atoms with E-state index in [1.54, 1.807) is 0 Å². The number of likely N-dealkylation sites (N-methyl/N-ethyl adjacent to an activating group) is 2. The molecule has 1 saturated heterocycles. The first kappa shape index (κ1) is 16.0. The van der Waals surface area contributed by atoms with Crippen LogP contribution in [0, 0.1) is 0 Å². The Hall–Kier alpha value is -0.420. The van der Waals surface area contributed by atoms with Crippen LogP contribution in [0.4, 0.5) is 0 Å². The first-order valence-corrected chi connectivity index (χ1v) is 8.73. The van der Waals surface area contributed by atoms with E-state index in [1.165, 1.54) is 9.75 Å². The van der Waals surface area contributed by atoms with Gasteiger partial charge in [0, 0.05) is 28.9 Å². The van der Waals surface area contributed by atoms with Crippen LogP contribution in [-0.4, -0.2) is 49.8 Å². The molecule has 0 radical (unpaired) electrons. The summed E-state index contributed by atoms with van der Waals surface area (Å²) in [4.78, 5) is 5.45. The molecular weight excluding hydrogens is 268 g/mol. The first-order valence-electron chi connectivity index (χ1n) is 7.91. The Bertz CT molecular complexity index is 394. The highest BCUT2D eigenvalue weighted by molar-refractivity contribution is 7.11. The fraction of sp³-hybridized carbons (Fsp3) is 0.750. The molecule has 1 aliphatic rings. The van der Waals surface area contributed by atoms with Gasteiger partial charge in [-0.3, -0.25) is 4.90 Å². The third-order valence-corrected chi connectivity index (χ3v) is 5.28. The van der Waals surface area contributed by atoms with Crippen LogP contribution in [0.2, 0.25) is 0 Å². The number of hydrogen-bond acceptors (Lipinski definition) is 4. The van der Waals surface area contributed by atoms with Crippen molar-refractivity contribution < 1.29 is 4.74 Å². The fourth-order valence-electron chi connectivity index (χ4n) is 2.80. The van der Waals surface area contributed by atoms with Crippen molar-refractivity contribution in [3.05, 3.63) is 21.9 Å². The summed E-state index contributed by atoms with van der Waals surface area (Å²) in [6.07, 6.45) is 2.54. The summed E-state index contributed by atoms with van der Waals surface area (Å²) in [5.74, 6) is 0. The third kappa shape index (κ3) is 4.29. The molecule has 0 spiro atoms. The van der Waals surface area contributed by atoms with Crippen LogP contribution in [0.3, 0.4) is 0 Å². The largest absolute Gasteiger partial charge is 0.374 e. The highest BCUT2D eigenvalue weighted by atomic mass is 32.1. The van der Waals surface area contributed by atoms with Gasteiger partial charge in [0.15, 0.2) is 0 Å². The van der Waals surface area contributed by atoms with Crippen molar-refractivity contribution in [2.45, 2.75) is 45.8 Å². The maximum atomic E-state index is 6.03. The summed E-state index contributed by atoms with van der Waals surface area (Å²) in [6.45, 7) is 11.8. The molecule has 2 unspecified atom stereocenters. The minimum atomic E-state index is 0.316. The van der Waals surface area contributed by atoms with Crippen molar-refractivity contribution in [1.29, 1.82) is 0 Å². The van der Waals surface area contributed by atoms with E-state index in [-0.39, 0.29) is 0 Å². The molecule has 1 fully saturated rings. The lowest BCUT2D eigenvalue weighted by Gasteiger charge is -2.36. The monoisotopic (exact) mass is 296 g/mol. The zero-order chi connectivity index (χ0) is 14.4. The molecule has 1 aromatic rings. The molecule has 1 N–H and O–H groups in total. The van der Waals surface area contributed by atoms with E-state index in [2.05, 4.69) is 43.1 Å². The predicted octanol–water partition coefficient (Wildman–Crippen LogP) is 2.55. The van der Waals surface area contributed by atoms with Crippen molar-refractivity contribution in [3.8, 4) is 0 Å². The zero-order valence-electron chi connectivity index (χ0n) is 13.0. The van der Waals surface area contributed by atoms with Gasteiger partial charge in [0.05, 0.1) is 12.7 Å². The van der Waals surface area contributed by atoms with E-state index >= 15 is 0 Å². The normalized spacial score (nSPS) is 22.1. The Kier molecular flexibility index (Phi) is 6.49. The number of thiophene rings is 1. The second-order valence-corrected chi connectivity index (χ2v) is 6.65. The standard InChI is InChI=1S/C16H28N2OS/c1-4-13-7-8-14(20-13)11-15(17-5-2)16-12-18(6-3)9-10-19-16/h7-8,15-17H,4-6,9-12H2,1-3H3. The highest BCUT2D eigenvalue weighted by Gasteiger charge is 2.27. The van der Waals surface area contributed by atoms with E-state index in [4.69, 9.17) is 4.74 Å². The lowest BCUT2D eigenvalue weighted by Crippen LogP contribution is -2.52. The Morgan fingerprint density at radius 1 is 1.35 bits per heavy atom. The molecule has 3 nitrogen and oxygen atoms in total. The number of aryl methyl sites for hydroxylation is 1. The Labute approximate surface area is 127 Å². The maximum Gasteiger partial charge on any atom is 0.0858 e. The minimum absolute atomic E-state index is 0.316. The summed E-state index contributed by atoms with van der Waals surface area (Å²) in [5, 5.41) is 3.63. The number of hydrogen-bond donors (Lipinski definition) is 1. The topological polar surface area (TPSA) is 24.5 Å². The van der Waals surface area contributed by atoms with Gasteiger partial charge in [0.1, 0.15) is 0 Å². The molecule has 4 heteroatoms. The number of morpholine rings is 1. The van der Waals surface area contributed by atoms with Crippen LogP contribution >= 0.6 is 11.3 Å². The molecule has 0 bridgehead atoms. The molecule has 1 aromatic heterocycles. The van der Waals surface area contributed by atoms with Gasteiger partial charge in [-0.2, -0.15) is 0 Å². The first-order chi connectivity index (χ1) is 9.76. The van der Waals surface area contributed by atoms with E-state index in [1.807, 2.05) is 11.3 Å². The zero-order valence-corrected chi connectivity index (χ0v) is 13.8. The number of nitrogens with zero attached hydrogens (tertiary/aromatic N) is 1. The molecule has 20 heavy (non-hydrogen) atoms. The molecule has 1 aliphatic heterocycles. The molecule has 114 valence electrons. The molecule has 0 aliphatic carbocycles. The van der Waals surface area contributed by atoms with Crippen LogP contribution < -0.4 is 5.32 Å². The Morgan fingerprint density at radius 2 is 2.15 bits per heavy atom. The average Bonchev–Trinajstić information content (AvgIpc) is 2.94. The van der Waals surface area contributed by atoms with Gasteiger partial charge in [0.25, 0.3) is 0 Å². The van der Waals surface area contributed by atoms with Crippen LogP contribution in [0.1, 0.15) is 30.5 Å². The third-order valence-electron chi connectivity index (χ3n) is 4.03. The lowest BCUT2D eigenvalue weighted by atomic mass is 10.0. The molecule has 0 saturated carbocycles. The second-order valence-electron chi connectivity index (χ2n) is 5.39. The molecular formula is C16H28N2OS. The van der Waals surface area contributed by atoms with Gasteiger partial charge in [-0.15, -0.1) is 11.3 Å². The van der Waals surface area contributed by atoms with Crippen molar-refractivity contribution in [3.63, 3.8) is 0 Å². The molecule has 0 amide bonds. The van der Waals surface area contributed by atoms with E-state index in [0.717, 1.165) is 45.6 Å². The van der Waals surface area contributed by atoms with Crippen LogP contribution in [0.25, 0.3) is 0 Å². The Morgan fingerprint density at radius 3 is 2.80 bits per heavy atom. The van der Waals surface area contributed by atoms with Gasteiger partial charge in [-0.25, -0.2) is 0 Å². The fourth-order valence-corrected chi connectivity index (χ4v) is 3.81. The SMILES string of the molecule is CCNC(Cc1ccc(CC)s1)C1CN(CC)CCO1. The van der Waals surface area contributed by atoms with Gasteiger partial charge in [-0.1, -0.05) is 20.8 Å². The molecule has 2 atom stereocenters. The van der Waals surface area contributed by atoms with Crippen molar-refractivity contribution in [2.75, 3.05) is 32.8 Å². The minimum Gasteiger partial charge on any atom is -0.374 e. The van der Waals surface area contributed by atoms with Crippen molar-refractivity contribution in [1.82, 2.24) is 10.2 Å². The van der Waals surface area contributed by atoms with Gasteiger partial charge in [0.2, 0.25) is 0 Å². The predicted molar refractivity (Wildman–Crippen MR) is 86.7 cm³/mol. The second kappa shape index (κ2) is 8.13. The number of rotatable bonds is 7. The van der Waals surface area contributed by atoms with Crippen molar-refractivity contribution >= 4 is 11.3 Å². The Balaban J connectivity index is 1.98. The summed E-state index contributed by atoms with van der Waals surface area (Å²) in [6, 6.07) is 4.98. The highest BCUT2D eigenvalue weighted by Crippen LogP contribution is 2.21. The smallest absolute Gasteiger partial charge is 0.0858 e. The number of ether oxygens (including phenoxy) is 1. The maximum absolute atomic E-state index is 6.03. The summed E-state index contributed by atoms with van der Waals surface area (Å²) >= 11 is 1.95. The lowest BCUT2D eigenvalue weighted by molar-refractivity contribution is -0.0443. The van der Waals surface area contributed by atoms with Gasteiger partial charge >= 0.3 is 0 Å². The average molecular weight is 296 g/mol. The van der Waals surface area contributed by atoms with E-state index in [9.17, 15) is 0 Å². The van der Waals surface area contributed by atoms with Crippen LogP contribution in [0.5, 0.6) is 0 Å². The molecule has 2 heterocycles. The van der Waals surface area contributed by atoms with Crippen LogP contribution in [-0.2, 0) is 17.6 Å². The van der Waals surface area contributed by atoms with E-state index in [0.29, 0.717) is 12.1 Å².